The van der Waals surface area contributed by atoms with Gasteiger partial charge in [0.25, 0.3) is 5.91 Å². The molecule has 8 heteroatoms. The number of ether oxygens (including phenoxy) is 2. The molecule has 0 aliphatic carbocycles. The topological polar surface area (TPSA) is 67.9 Å². The maximum Gasteiger partial charge on any atom is 0.261 e. The molecule has 31 heavy (non-hydrogen) atoms. The molecule has 2 atom stereocenters. The molecule has 2 aromatic rings. The Bertz CT molecular complexity index is 890. The van der Waals surface area contributed by atoms with Gasteiger partial charge in [-0.1, -0.05) is 42.3 Å². The van der Waals surface area contributed by atoms with Gasteiger partial charge < -0.3 is 19.7 Å². The molecule has 0 aliphatic rings. The number of hydrogen-bond donors (Lipinski definition) is 1. The smallest absolute Gasteiger partial charge is 0.261 e. The van der Waals surface area contributed by atoms with Crippen LogP contribution in [0, 0.1) is 0 Å². The highest BCUT2D eigenvalue weighted by atomic mass is 35.5. The maximum absolute atomic E-state index is 13.1. The van der Waals surface area contributed by atoms with Gasteiger partial charge in [-0.05, 0) is 56.2 Å². The highest BCUT2D eigenvalue weighted by Crippen LogP contribution is 2.27. The fourth-order valence-electron chi connectivity index (χ4n) is 2.79. The summed E-state index contributed by atoms with van der Waals surface area (Å²) in [5.74, 6) is 0.500. The standard InChI is InChI=1S/C23H28Cl2N2O4/c1-5-15(2)26-23(29)16(3)27(13-17-6-9-19(30-4)10-7-17)22(28)14-31-21-11-8-18(24)12-20(21)25/h6-12,15-16H,5,13-14H2,1-4H3,(H,26,29)/t15-,16-/m1/s1. The fraction of sp³-hybridized carbons (Fsp3) is 0.391. The fourth-order valence-corrected chi connectivity index (χ4v) is 3.25. The number of halogens is 2. The van der Waals surface area contributed by atoms with Crippen molar-refractivity contribution in [3.8, 4) is 11.5 Å². The number of nitrogens with zero attached hydrogens (tertiary/aromatic N) is 1. The van der Waals surface area contributed by atoms with Crippen LogP contribution in [-0.4, -0.2) is 42.5 Å². The summed E-state index contributed by atoms with van der Waals surface area (Å²) in [6.07, 6.45) is 0.795. The summed E-state index contributed by atoms with van der Waals surface area (Å²) >= 11 is 12.0. The largest absolute Gasteiger partial charge is 0.497 e. The Labute approximate surface area is 193 Å². The third-order valence-electron chi connectivity index (χ3n) is 4.93. The lowest BCUT2D eigenvalue weighted by atomic mass is 10.1. The van der Waals surface area contributed by atoms with Crippen LogP contribution in [0.1, 0.15) is 32.8 Å². The van der Waals surface area contributed by atoms with Crippen LogP contribution in [0.5, 0.6) is 11.5 Å². The van der Waals surface area contributed by atoms with Crippen molar-refractivity contribution in [2.75, 3.05) is 13.7 Å². The van der Waals surface area contributed by atoms with E-state index in [0.717, 1.165) is 12.0 Å². The Morgan fingerprint density at radius 1 is 1.10 bits per heavy atom. The SMILES string of the molecule is CC[C@@H](C)NC(=O)[C@@H](C)N(Cc1ccc(OC)cc1)C(=O)COc1ccc(Cl)cc1Cl. The lowest BCUT2D eigenvalue weighted by molar-refractivity contribution is -0.142. The van der Waals surface area contributed by atoms with Crippen molar-refractivity contribution in [3.05, 3.63) is 58.1 Å². The van der Waals surface area contributed by atoms with Gasteiger partial charge in [-0.3, -0.25) is 9.59 Å². The van der Waals surface area contributed by atoms with Crippen molar-refractivity contribution in [3.63, 3.8) is 0 Å². The van der Waals surface area contributed by atoms with Gasteiger partial charge in [0.1, 0.15) is 17.5 Å². The molecular weight excluding hydrogens is 439 g/mol. The molecule has 0 unspecified atom stereocenters. The molecule has 0 saturated heterocycles. The van der Waals surface area contributed by atoms with Crippen molar-refractivity contribution in [2.45, 2.75) is 45.8 Å². The predicted molar refractivity (Wildman–Crippen MR) is 123 cm³/mol. The van der Waals surface area contributed by atoms with E-state index in [0.29, 0.717) is 21.5 Å². The third kappa shape index (κ3) is 7.33. The Hall–Kier alpha value is -2.44. The van der Waals surface area contributed by atoms with Crippen molar-refractivity contribution in [1.82, 2.24) is 10.2 Å². The van der Waals surface area contributed by atoms with Crippen LogP contribution in [0.15, 0.2) is 42.5 Å². The number of carbonyl (C=O) groups is 2. The molecule has 0 aromatic heterocycles. The van der Waals surface area contributed by atoms with E-state index in [1.807, 2.05) is 38.1 Å². The van der Waals surface area contributed by atoms with Crippen LogP contribution in [0.4, 0.5) is 0 Å². The second-order valence-electron chi connectivity index (χ2n) is 7.23. The lowest BCUT2D eigenvalue weighted by Gasteiger charge is -2.29. The van der Waals surface area contributed by atoms with Gasteiger partial charge in [-0.2, -0.15) is 0 Å². The molecule has 0 bridgehead atoms. The van der Waals surface area contributed by atoms with E-state index in [9.17, 15) is 9.59 Å². The molecule has 0 fully saturated rings. The van der Waals surface area contributed by atoms with Crippen LogP contribution >= 0.6 is 23.2 Å². The van der Waals surface area contributed by atoms with E-state index in [2.05, 4.69) is 5.32 Å². The average molecular weight is 467 g/mol. The molecular formula is C23H28Cl2N2O4. The lowest BCUT2D eigenvalue weighted by Crippen LogP contribution is -2.50. The normalized spacial score (nSPS) is 12.6. The Kier molecular flexibility index (Phi) is 9.46. The van der Waals surface area contributed by atoms with Gasteiger partial charge >= 0.3 is 0 Å². The second kappa shape index (κ2) is 11.8. The molecule has 0 spiro atoms. The Balaban J connectivity index is 2.17. The van der Waals surface area contributed by atoms with E-state index in [1.165, 1.54) is 4.90 Å². The first kappa shape index (κ1) is 24.8. The van der Waals surface area contributed by atoms with Crippen LogP contribution < -0.4 is 14.8 Å². The minimum absolute atomic E-state index is 0.0111. The van der Waals surface area contributed by atoms with Crippen molar-refractivity contribution in [1.29, 1.82) is 0 Å². The molecule has 1 N–H and O–H groups in total. The quantitative estimate of drug-likeness (QED) is 0.550. The van der Waals surface area contributed by atoms with Gasteiger partial charge in [0.15, 0.2) is 6.61 Å². The summed E-state index contributed by atoms with van der Waals surface area (Å²) in [5, 5.41) is 3.71. The molecule has 0 radical (unpaired) electrons. The number of carbonyl (C=O) groups excluding carboxylic acids is 2. The number of amides is 2. The van der Waals surface area contributed by atoms with Crippen LogP contribution in [0.25, 0.3) is 0 Å². The summed E-state index contributed by atoms with van der Waals surface area (Å²) in [5.41, 5.74) is 0.863. The predicted octanol–water partition coefficient (Wildman–Crippen LogP) is 4.71. The van der Waals surface area contributed by atoms with E-state index >= 15 is 0 Å². The minimum Gasteiger partial charge on any atom is -0.497 e. The summed E-state index contributed by atoms with van der Waals surface area (Å²) in [4.78, 5) is 27.3. The number of nitrogens with one attached hydrogen (secondary N) is 1. The second-order valence-corrected chi connectivity index (χ2v) is 8.07. The molecule has 168 valence electrons. The van der Waals surface area contributed by atoms with Gasteiger partial charge in [0.2, 0.25) is 5.91 Å². The average Bonchev–Trinajstić information content (AvgIpc) is 2.76. The van der Waals surface area contributed by atoms with Crippen LogP contribution in [-0.2, 0) is 16.1 Å². The van der Waals surface area contributed by atoms with E-state index in [4.69, 9.17) is 32.7 Å². The highest BCUT2D eigenvalue weighted by Gasteiger charge is 2.27. The molecule has 0 heterocycles. The van der Waals surface area contributed by atoms with E-state index in [1.54, 1.807) is 32.2 Å². The van der Waals surface area contributed by atoms with Gasteiger partial charge in [0, 0.05) is 17.6 Å². The first-order valence-corrected chi connectivity index (χ1v) is 10.8. The van der Waals surface area contributed by atoms with Crippen LogP contribution in [0.3, 0.4) is 0 Å². The molecule has 6 nitrogen and oxygen atoms in total. The number of methoxy groups -OCH3 is 1. The number of hydrogen-bond acceptors (Lipinski definition) is 4. The summed E-state index contributed by atoms with van der Waals surface area (Å²) in [6.45, 7) is 5.59. The molecule has 2 aromatic carbocycles. The monoisotopic (exact) mass is 466 g/mol. The molecule has 0 saturated carbocycles. The van der Waals surface area contributed by atoms with Crippen molar-refractivity contribution < 1.29 is 19.1 Å². The number of rotatable bonds is 10. The third-order valence-corrected chi connectivity index (χ3v) is 5.46. The summed E-state index contributed by atoms with van der Waals surface area (Å²) < 4.78 is 10.8. The number of benzene rings is 2. The van der Waals surface area contributed by atoms with Crippen molar-refractivity contribution >= 4 is 35.0 Å². The van der Waals surface area contributed by atoms with Crippen LogP contribution in [0.2, 0.25) is 10.0 Å². The molecule has 0 aliphatic heterocycles. The highest BCUT2D eigenvalue weighted by molar-refractivity contribution is 6.35. The molecule has 2 rings (SSSR count). The van der Waals surface area contributed by atoms with Gasteiger partial charge in [-0.15, -0.1) is 0 Å². The zero-order chi connectivity index (χ0) is 23.0. The van der Waals surface area contributed by atoms with Crippen molar-refractivity contribution in [2.24, 2.45) is 0 Å². The maximum atomic E-state index is 13.1. The minimum atomic E-state index is -0.687. The molecule has 2 amide bonds. The Morgan fingerprint density at radius 3 is 2.35 bits per heavy atom. The summed E-state index contributed by atoms with van der Waals surface area (Å²) in [7, 11) is 1.59. The van der Waals surface area contributed by atoms with Gasteiger partial charge in [0.05, 0.1) is 12.1 Å². The van der Waals surface area contributed by atoms with E-state index < -0.39 is 6.04 Å². The zero-order valence-corrected chi connectivity index (χ0v) is 19.7. The summed E-state index contributed by atoms with van der Waals surface area (Å²) in [6, 6.07) is 11.4. The Morgan fingerprint density at radius 2 is 1.77 bits per heavy atom. The first-order chi connectivity index (χ1) is 14.7. The zero-order valence-electron chi connectivity index (χ0n) is 18.2. The van der Waals surface area contributed by atoms with Gasteiger partial charge in [-0.25, -0.2) is 0 Å². The van der Waals surface area contributed by atoms with E-state index in [-0.39, 0.29) is 31.0 Å². The first-order valence-electron chi connectivity index (χ1n) is 10.1.